The summed E-state index contributed by atoms with van der Waals surface area (Å²) in [5.41, 5.74) is 2.45. The molecule has 7 heteroatoms. The quantitative estimate of drug-likeness (QED) is 0.793. The minimum Gasteiger partial charge on any atom is -0.452 e. The topological polar surface area (TPSA) is 97.4 Å². The predicted molar refractivity (Wildman–Crippen MR) is 88.6 cm³/mol. The zero-order valence-corrected chi connectivity index (χ0v) is 13.8. The molecule has 0 aliphatic heterocycles. The van der Waals surface area contributed by atoms with Crippen molar-refractivity contribution in [2.75, 3.05) is 20.2 Å². The molecule has 2 aromatic rings. The fraction of sp³-hybridized carbons (Fsp3) is 0.294. The van der Waals surface area contributed by atoms with E-state index in [4.69, 9.17) is 4.74 Å². The van der Waals surface area contributed by atoms with Gasteiger partial charge in [-0.05, 0) is 25.5 Å². The van der Waals surface area contributed by atoms with Crippen LogP contribution in [0.15, 0.2) is 24.3 Å². The van der Waals surface area contributed by atoms with Crippen LogP contribution in [0.2, 0.25) is 0 Å². The molecule has 1 heterocycles. The van der Waals surface area contributed by atoms with Crippen molar-refractivity contribution in [1.29, 1.82) is 0 Å². The molecular weight excluding hydrogens is 310 g/mol. The summed E-state index contributed by atoms with van der Waals surface area (Å²) in [5, 5.41) is 5.59. The van der Waals surface area contributed by atoms with E-state index in [1.807, 2.05) is 31.2 Å². The van der Waals surface area contributed by atoms with E-state index in [0.29, 0.717) is 11.3 Å². The van der Waals surface area contributed by atoms with Gasteiger partial charge in [0.25, 0.3) is 5.91 Å². The van der Waals surface area contributed by atoms with Crippen LogP contribution < -0.4 is 10.6 Å². The van der Waals surface area contributed by atoms with Gasteiger partial charge in [-0.25, -0.2) is 4.79 Å². The molecule has 7 nitrogen and oxygen atoms in total. The second-order valence-electron chi connectivity index (χ2n) is 5.24. The standard InChI is InChI=1S/C17H19N3O4/c1-10-12-6-4-5-7-13(12)20-11(2)16(10)17(23)24-9-15(22)19-8-14(21)18-3/h4-7H,8-9H2,1-3H3,(H,18,21)(H,19,22). The van der Waals surface area contributed by atoms with Crippen molar-refractivity contribution in [3.8, 4) is 0 Å². The van der Waals surface area contributed by atoms with Crippen LogP contribution in [-0.4, -0.2) is 43.0 Å². The molecule has 2 amide bonds. The van der Waals surface area contributed by atoms with Crippen LogP contribution in [0, 0.1) is 13.8 Å². The monoisotopic (exact) mass is 329 g/mol. The number of aryl methyl sites for hydroxylation is 2. The molecule has 0 unspecified atom stereocenters. The molecule has 1 aromatic heterocycles. The molecule has 2 N–H and O–H groups in total. The summed E-state index contributed by atoms with van der Waals surface area (Å²) in [4.78, 5) is 39.4. The molecule has 0 saturated heterocycles. The largest absolute Gasteiger partial charge is 0.452 e. The Morgan fingerprint density at radius 2 is 1.83 bits per heavy atom. The minimum absolute atomic E-state index is 0.164. The molecule has 24 heavy (non-hydrogen) atoms. The van der Waals surface area contributed by atoms with E-state index in [2.05, 4.69) is 15.6 Å². The maximum atomic E-state index is 12.3. The molecule has 0 spiro atoms. The van der Waals surface area contributed by atoms with E-state index in [1.54, 1.807) is 6.92 Å². The highest BCUT2D eigenvalue weighted by Gasteiger charge is 2.18. The number of hydrogen-bond acceptors (Lipinski definition) is 5. The number of esters is 1. The highest BCUT2D eigenvalue weighted by molar-refractivity contribution is 5.99. The van der Waals surface area contributed by atoms with Gasteiger partial charge in [0.1, 0.15) is 0 Å². The number of para-hydroxylation sites is 1. The Morgan fingerprint density at radius 3 is 2.54 bits per heavy atom. The van der Waals surface area contributed by atoms with Crippen LogP contribution in [0.5, 0.6) is 0 Å². The van der Waals surface area contributed by atoms with Crippen molar-refractivity contribution in [2.24, 2.45) is 0 Å². The van der Waals surface area contributed by atoms with E-state index >= 15 is 0 Å². The number of rotatable bonds is 5. The Morgan fingerprint density at radius 1 is 1.12 bits per heavy atom. The molecule has 0 radical (unpaired) electrons. The van der Waals surface area contributed by atoms with E-state index in [0.717, 1.165) is 16.5 Å². The summed E-state index contributed by atoms with van der Waals surface area (Å²) in [6, 6.07) is 7.50. The second kappa shape index (κ2) is 7.54. The van der Waals surface area contributed by atoms with Gasteiger partial charge in [-0.1, -0.05) is 18.2 Å². The van der Waals surface area contributed by atoms with E-state index in [1.165, 1.54) is 7.05 Å². The third-order valence-corrected chi connectivity index (χ3v) is 3.60. The zero-order valence-electron chi connectivity index (χ0n) is 13.8. The van der Waals surface area contributed by atoms with Gasteiger partial charge in [0.05, 0.1) is 23.3 Å². The molecule has 126 valence electrons. The zero-order chi connectivity index (χ0) is 17.7. The summed E-state index contributed by atoms with van der Waals surface area (Å²) < 4.78 is 5.04. The molecule has 0 atom stereocenters. The number of nitrogens with one attached hydrogen (secondary N) is 2. The lowest BCUT2D eigenvalue weighted by Crippen LogP contribution is -2.37. The van der Waals surface area contributed by atoms with E-state index in [9.17, 15) is 14.4 Å². The third kappa shape index (κ3) is 3.87. The Kier molecular flexibility index (Phi) is 5.47. The van der Waals surface area contributed by atoms with E-state index in [-0.39, 0.29) is 12.5 Å². The second-order valence-corrected chi connectivity index (χ2v) is 5.24. The smallest absolute Gasteiger partial charge is 0.340 e. The maximum absolute atomic E-state index is 12.3. The van der Waals surface area contributed by atoms with Crippen molar-refractivity contribution in [2.45, 2.75) is 13.8 Å². The number of hydrogen-bond donors (Lipinski definition) is 2. The van der Waals surface area contributed by atoms with Crippen molar-refractivity contribution in [3.05, 3.63) is 41.1 Å². The number of fused-ring (bicyclic) bond motifs is 1. The van der Waals surface area contributed by atoms with Gasteiger partial charge >= 0.3 is 5.97 Å². The van der Waals surface area contributed by atoms with E-state index < -0.39 is 18.5 Å². The number of benzene rings is 1. The average Bonchev–Trinajstić information content (AvgIpc) is 2.57. The Labute approximate surface area is 139 Å². The molecular formula is C17H19N3O4. The molecule has 0 aliphatic carbocycles. The summed E-state index contributed by atoms with van der Waals surface area (Å²) in [5.74, 6) is -1.49. The van der Waals surface area contributed by atoms with Gasteiger partial charge in [-0.3, -0.25) is 14.6 Å². The van der Waals surface area contributed by atoms with Crippen molar-refractivity contribution in [3.63, 3.8) is 0 Å². The summed E-state index contributed by atoms with van der Waals surface area (Å²) in [7, 11) is 1.47. The first-order valence-electron chi connectivity index (χ1n) is 7.44. The van der Waals surface area contributed by atoms with Gasteiger partial charge in [0.2, 0.25) is 5.91 Å². The summed E-state index contributed by atoms with van der Waals surface area (Å²) >= 11 is 0. The number of amides is 2. The average molecular weight is 329 g/mol. The Balaban J connectivity index is 2.09. The fourth-order valence-corrected chi connectivity index (χ4v) is 2.35. The number of ether oxygens (including phenoxy) is 1. The molecule has 0 saturated carbocycles. The predicted octanol–water partition coefficient (Wildman–Crippen LogP) is 0.871. The molecule has 0 fully saturated rings. The number of likely N-dealkylation sites (N-methyl/N-ethyl adjacent to an activating group) is 1. The fourth-order valence-electron chi connectivity index (χ4n) is 2.35. The van der Waals surface area contributed by atoms with Crippen molar-refractivity contribution >= 4 is 28.7 Å². The number of carbonyl (C=O) groups is 3. The molecule has 1 aromatic carbocycles. The van der Waals surface area contributed by atoms with Gasteiger partial charge < -0.3 is 15.4 Å². The van der Waals surface area contributed by atoms with Gasteiger partial charge in [0, 0.05) is 12.4 Å². The van der Waals surface area contributed by atoms with Crippen LogP contribution in [-0.2, 0) is 14.3 Å². The lowest BCUT2D eigenvalue weighted by Gasteiger charge is -2.12. The van der Waals surface area contributed by atoms with Crippen LogP contribution in [0.3, 0.4) is 0 Å². The van der Waals surface area contributed by atoms with Crippen LogP contribution >= 0.6 is 0 Å². The van der Waals surface area contributed by atoms with Crippen molar-refractivity contribution < 1.29 is 19.1 Å². The number of nitrogens with zero attached hydrogens (tertiary/aromatic N) is 1. The molecule has 0 bridgehead atoms. The SMILES string of the molecule is CNC(=O)CNC(=O)COC(=O)c1c(C)nc2ccccc2c1C. The first kappa shape index (κ1) is 17.4. The first-order valence-corrected chi connectivity index (χ1v) is 7.44. The number of carbonyl (C=O) groups excluding carboxylic acids is 3. The Hall–Kier alpha value is -2.96. The van der Waals surface area contributed by atoms with Gasteiger partial charge in [-0.2, -0.15) is 0 Å². The summed E-state index contributed by atoms with van der Waals surface area (Å²) in [6.07, 6.45) is 0. The lowest BCUT2D eigenvalue weighted by atomic mass is 10.0. The minimum atomic E-state index is -0.613. The molecule has 0 aliphatic rings. The number of aromatic nitrogens is 1. The number of pyridine rings is 1. The van der Waals surface area contributed by atoms with Crippen molar-refractivity contribution in [1.82, 2.24) is 15.6 Å². The Bertz CT molecular complexity index is 802. The normalized spacial score (nSPS) is 10.3. The lowest BCUT2D eigenvalue weighted by molar-refractivity contribution is -0.127. The first-order chi connectivity index (χ1) is 11.4. The molecule has 2 rings (SSSR count). The third-order valence-electron chi connectivity index (χ3n) is 3.60. The highest BCUT2D eigenvalue weighted by atomic mass is 16.5. The van der Waals surface area contributed by atoms with Crippen LogP contribution in [0.25, 0.3) is 10.9 Å². The maximum Gasteiger partial charge on any atom is 0.340 e. The van der Waals surface area contributed by atoms with Crippen LogP contribution in [0.1, 0.15) is 21.6 Å². The van der Waals surface area contributed by atoms with Gasteiger partial charge in [-0.15, -0.1) is 0 Å². The highest BCUT2D eigenvalue weighted by Crippen LogP contribution is 2.23. The van der Waals surface area contributed by atoms with Crippen LogP contribution in [0.4, 0.5) is 0 Å². The summed E-state index contributed by atoms with van der Waals surface area (Å²) in [6.45, 7) is 2.92. The van der Waals surface area contributed by atoms with Gasteiger partial charge in [0.15, 0.2) is 6.61 Å².